The second kappa shape index (κ2) is 7.38. The highest BCUT2D eigenvalue weighted by Gasteiger charge is 2.25. The number of aromatic nitrogens is 2. The van der Waals surface area contributed by atoms with E-state index in [2.05, 4.69) is 10.4 Å². The third-order valence-corrected chi connectivity index (χ3v) is 4.41. The van der Waals surface area contributed by atoms with Crippen LogP contribution in [0.4, 0.5) is 10.5 Å². The van der Waals surface area contributed by atoms with Gasteiger partial charge in [-0.3, -0.25) is 4.79 Å². The number of aryl methyl sites for hydroxylation is 1. The van der Waals surface area contributed by atoms with Gasteiger partial charge in [0.25, 0.3) is 0 Å². The molecule has 1 aliphatic rings. The quantitative estimate of drug-likeness (QED) is 0.893. The number of nitrogens with zero attached hydrogens (tertiary/aromatic N) is 3. The Hall–Kier alpha value is -2.83. The summed E-state index contributed by atoms with van der Waals surface area (Å²) in [5.41, 5.74) is 7.71. The topological polar surface area (TPSA) is 93.3 Å². The standard InChI is InChI=1S/C18H23N5O2/c1-13-8-10-23(21-13)16-7-3-2-6-15(16)20-18(25)22-9-4-5-14(12-22)11-17(19)24/h2-3,6-8,10,14H,4-5,9,11-12H2,1H3,(H2,19,24)(H,20,25). The first-order chi connectivity index (χ1) is 12.0. The number of anilines is 1. The molecule has 2 aromatic rings. The summed E-state index contributed by atoms with van der Waals surface area (Å²) in [5, 5.41) is 7.38. The number of primary amides is 1. The van der Waals surface area contributed by atoms with E-state index in [1.807, 2.05) is 43.5 Å². The molecule has 7 nitrogen and oxygen atoms in total. The third-order valence-electron chi connectivity index (χ3n) is 4.41. The molecule has 1 aromatic heterocycles. The number of amides is 3. The lowest BCUT2D eigenvalue weighted by molar-refractivity contribution is -0.119. The van der Waals surface area contributed by atoms with Crippen LogP contribution in [0.1, 0.15) is 25.0 Å². The molecule has 0 spiro atoms. The number of rotatable bonds is 4. The number of urea groups is 1. The van der Waals surface area contributed by atoms with Crippen molar-refractivity contribution in [2.24, 2.45) is 11.7 Å². The molecule has 3 rings (SSSR count). The van der Waals surface area contributed by atoms with E-state index in [4.69, 9.17) is 5.73 Å². The lowest BCUT2D eigenvalue weighted by Crippen LogP contribution is -2.43. The van der Waals surface area contributed by atoms with Gasteiger partial charge in [0.1, 0.15) is 0 Å². The number of piperidine rings is 1. The number of hydrogen-bond donors (Lipinski definition) is 2. The van der Waals surface area contributed by atoms with E-state index in [1.54, 1.807) is 9.58 Å². The van der Waals surface area contributed by atoms with Gasteiger partial charge < -0.3 is 16.0 Å². The molecular formula is C18H23N5O2. The van der Waals surface area contributed by atoms with Crippen molar-refractivity contribution in [3.05, 3.63) is 42.2 Å². The zero-order chi connectivity index (χ0) is 17.8. The highest BCUT2D eigenvalue weighted by atomic mass is 16.2. The second-order valence-electron chi connectivity index (χ2n) is 6.47. The molecule has 0 radical (unpaired) electrons. The normalized spacial score (nSPS) is 17.3. The summed E-state index contributed by atoms with van der Waals surface area (Å²) < 4.78 is 1.75. The number of carbonyl (C=O) groups excluding carboxylic acids is 2. The fourth-order valence-corrected chi connectivity index (χ4v) is 3.22. The third kappa shape index (κ3) is 4.17. The highest BCUT2D eigenvalue weighted by molar-refractivity contribution is 5.91. The Balaban J connectivity index is 1.72. The molecule has 0 bridgehead atoms. The zero-order valence-corrected chi connectivity index (χ0v) is 14.3. The van der Waals surface area contributed by atoms with Crippen molar-refractivity contribution in [1.82, 2.24) is 14.7 Å². The molecule has 25 heavy (non-hydrogen) atoms. The van der Waals surface area contributed by atoms with Crippen molar-refractivity contribution >= 4 is 17.6 Å². The van der Waals surface area contributed by atoms with Gasteiger partial charge >= 0.3 is 6.03 Å². The van der Waals surface area contributed by atoms with Gasteiger partial charge in [-0.25, -0.2) is 9.48 Å². The molecular weight excluding hydrogens is 318 g/mol. The zero-order valence-electron chi connectivity index (χ0n) is 14.3. The van der Waals surface area contributed by atoms with Crippen molar-refractivity contribution in [3.63, 3.8) is 0 Å². The van der Waals surface area contributed by atoms with Gasteiger partial charge in [0.05, 0.1) is 17.1 Å². The van der Waals surface area contributed by atoms with Gasteiger partial charge in [-0.1, -0.05) is 12.1 Å². The minimum absolute atomic E-state index is 0.140. The average molecular weight is 341 g/mol. The number of likely N-dealkylation sites (tertiary alicyclic amines) is 1. The van der Waals surface area contributed by atoms with Gasteiger partial charge in [0.15, 0.2) is 0 Å². The Morgan fingerprint density at radius 3 is 2.84 bits per heavy atom. The number of carbonyl (C=O) groups is 2. The predicted octanol–water partition coefficient (Wildman–Crippen LogP) is 2.30. The van der Waals surface area contributed by atoms with Crippen LogP contribution >= 0.6 is 0 Å². The highest BCUT2D eigenvalue weighted by Crippen LogP contribution is 2.23. The molecule has 0 aliphatic carbocycles. The fourth-order valence-electron chi connectivity index (χ4n) is 3.22. The molecule has 1 unspecified atom stereocenters. The number of para-hydroxylation sites is 2. The molecule has 1 fully saturated rings. The average Bonchev–Trinajstić information content (AvgIpc) is 3.01. The summed E-state index contributed by atoms with van der Waals surface area (Å²) in [6, 6.07) is 9.30. The van der Waals surface area contributed by atoms with Crippen LogP contribution < -0.4 is 11.1 Å². The number of nitrogens with one attached hydrogen (secondary N) is 1. The van der Waals surface area contributed by atoms with Crippen LogP contribution in [0.5, 0.6) is 0 Å². The van der Waals surface area contributed by atoms with E-state index in [-0.39, 0.29) is 17.9 Å². The molecule has 1 saturated heterocycles. The van der Waals surface area contributed by atoms with Gasteiger partial charge in [0.2, 0.25) is 5.91 Å². The largest absolute Gasteiger partial charge is 0.370 e. The Kier molecular flexibility index (Phi) is 5.02. The second-order valence-corrected chi connectivity index (χ2v) is 6.47. The lowest BCUT2D eigenvalue weighted by Gasteiger charge is -2.32. The molecule has 7 heteroatoms. The Morgan fingerprint density at radius 1 is 1.32 bits per heavy atom. The molecule has 3 N–H and O–H groups in total. The van der Waals surface area contributed by atoms with E-state index < -0.39 is 0 Å². The molecule has 1 atom stereocenters. The molecule has 1 aliphatic heterocycles. The van der Waals surface area contributed by atoms with Crippen LogP contribution in [0.3, 0.4) is 0 Å². The van der Waals surface area contributed by atoms with Crippen molar-refractivity contribution in [1.29, 1.82) is 0 Å². The Labute approximate surface area is 146 Å². The van der Waals surface area contributed by atoms with E-state index in [1.165, 1.54) is 0 Å². The summed E-state index contributed by atoms with van der Waals surface area (Å²) in [7, 11) is 0. The monoisotopic (exact) mass is 341 g/mol. The number of hydrogen-bond acceptors (Lipinski definition) is 3. The summed E-state index contributed by atoms with van der Waals surface area (Å²) in [4.78, 5) is 25.5. The van der Waals surface area contributed by atoms with Crippen LogP contribution in [-0.2, 0) is 4.79 Å². The predicted molar refractivity (Wildman–Crippen MR) is 95.4 cm³/mol. The smallest absolute Gasteiger partial charge is 0.321 e. The molecule has 132 valence electrons. The van der Waals surface area contributed by atoms with E-state index >= 15 is 0 Å². The summed E-state index contributed by atoms with van der Waals surface area (Å²) >= 11 is 0. The maximum atomic E-state index is 12.7. The molecule has 2 heterocycles. The first-order valence-electron chi connectivity index (χ1n) is 8.49. The van der Waals surface area contributed by atoms with Crippen LogP contribution in [-0.4, -0.2) is 39.7 Å². The molecule has 3 amide bonds. The minimum Gasteiger partial charge on any atom is -0.370 e. The first kappa shape index (κ1) is 17.0. The van der Waals surface area contributed by atoms with E-state index in [0.29, 0.717) is 25.2 Å². The lowest BCUT2D eigenvalue weighted by atomic mass is 9.95. The summed E-state index contributed by atoms with van der Waals surface area (Å²) in [6.45, 7) is 3.16. The number of benzene rings is 1. The SMILES string of the molecule is Cc1ccn(-c2ccccc2NC(=O)N2CCCC(CC(N)=O)C2)n1. The van der Waals surface area contributed by atoms with E-state index in [0.717, 1.165) is 24.2 Å². The summed E-state index contributed by atoms with van der Waals surface area (Å²) in [5.74, 6) is -0.173. The Morgan fingerprint density at radius 2 is 2.12 bits per heavy atom. The van der Waals surface area contributed by atoms with Crippen molar-refractivity contribution in [2.75, 3.05) is 18.4 Å². The van der Waals surface area contributed by atoms with Crippen molar-refractivity contribution < 1.29 is 9.59 Å². The van der Waals surface area contributed by atoms with Gasteiger partial charge in [-0.2, -0.15) is 5.10 Å². The maximum Gasteiger partial charge on any atom is 0.321 e. The maximum absolute atomic E-state index is 12.7. The van der Waals surface area contributed by atoms with Crippen LogP contribution in [0.2, 0.25) is 0 Å². The van der Waals surface area contributed by atoms with Crippen LogP contribution in [0.15, 0.2) is 36.5 Å². The van der Waals surface area contributed by atoms with Gasteiger partial charge in [-0.15, -0.1) is 0 Å². The van der Waals surface area contributed by atoms with Crippen molar-refractivity contribution in [3.8, 4) is 5.69 Å². The fraction of sp³-hybridized carbons (Fsp3) is 0.389. The molecule has 1 aromatic carbocycles. The van der Waals surface area contributed by atoms with E-state index in [9.17, 15) is 9.59 Å². The summed E-state index contributed by atoms with van der Waals surface area (Å²) in [6.07, 6.45) is 4.00. The number of nitrogens with two attached hydrogens (primary N) is 1. The molecule has 0 saturated carbocycles. The van der Waals surface area contributed by atoms with Crippen molar-refractivity contribution in [2.45, 2.75) is 26.2 Å². The minimum atomic E-state index is -0.313. The van der Waals surface area contributed by atoms with Crippen LogP contribution in [0.25, 0.3) is 5.69 Å². The van der Waals surface area contributed by atoms with Gasteiger partial charge in [0, 0.05) is 25.7 Å². The Bertz CT molecular complexity index is 770. The van der Waals surface area contributed by atoms with Gasteiger partial charge in [-0.05, 0) is 43.9 Å². The van der Waals surface area contributed by atoms with Crippen LogP contribution in [0, 0.1) is 12.8 Å². The first-order valence-corrected chi connectivity index (χ1v) is 8.49.